The van der Waals surface area contributed by atoms with Crippen LogP contribution in [0.4, 0.5) is 0 Å². The van der Waals surface area contributed by atoms with Gasteiger partial charge in [0.2, 0.25) is 0 Å². The zero-order valence-electron chi connectivity index (χ0n) is 15.9. The number of benzene rings is 2. The molecule has 0 saturated carbocycles. The molecular formula is C22H23NO4. The summed E-state index contributed by atoms with van der Waals surface area (Å²) in [6.45, 7) is 7.35. The van der Waals surface area contributed by atoms with Gasteiger partial charge in [0.05, 0.1) is 12.2 Å². The van der Waals surface area contributed by atoms with Crippen molar-refractivity contribution in [2.75, 3.05) is 19.7 Å². The van der Waals surface area contributed by atoms with Crippen molar-refractivity contribution in [1.82, 2.24) is 4.90 Å². The Balaban J connectivity index is 1.94. The number of ether oxygens (including phenoxy) is 1. The van der Waals surface area contributed by atoms with E-state index in [-0.39, 0.29) is 11.7 Å². The molecule has 0 N–H and O–H groups in total. The number of rotatable bonds is 6. The van der Waals surface area contributed by atoms with Crippen molar-refractivity contribution in [3.8, 4) is 11.1 Å². The number of nitrogens with zero attached hydrogens (tertiary/aromatic N) is 1. The smallest absolute Gasteiger partial charge is 0.338 e. The Bertz CT molecular complexity index is 913. The lowest BCUT2D eigenvalue weighted by molar-refractivity contribution is 0.0505. The predicted octanol–water partition coefficient (Wildman–Crippen LogP) is 3.95. The fraction of sp³-hybridized carbons (Fsp3) is 0.318. The van der Waals surface area contributed by atoms with Gasteiger partial charge in [-0.15, -0.1) is 0 Å². The molecule has 5 nitrogen and oxygen atoms in total. The Hall–Kier alpha value is -2.95. The summed E-state index contributed by atoms with van der Waals surface area (Å²) in [5.41, 5.74) is 3.41. The number of carbonyl (C=O) groups excluding carboxylic acids is 3. The average molecular weight is 365 g/mol. The lowest BCUT2D eigenvalue weighted by Crippen LogP contribution is -2.30. The molecule has 0 unspecified atom stereocenters. The maximum Gasteiger partial charge on any atom is 0.338 e. The Morgan fingerprint density at radius 3 is 1.96 bits per heavy atom. The van der Waals surface area contributed by atoms with Crippen molar-refractivity contribution in [3.63, 3.8) is 0 Å². The fourth-order valence-corrected chi connectivity index (χ4v) is 3.31. The Kier molecular flexibility index (Phi) is 5.40. The van der Waals surface area contributed by atoms with Crippen LogP contribution in [0.25, 0.3) is 11.1 Å². The van der Waals surface area contributed by atoms with Gasteiger partial charge in [-0.3, -0.25) is 9.59 Å². The largest absolute Gasteiger partial charge is 0.462 e. The van der Waals surface area contributed by atoms with Crippen molar-refractivity contribution in [2.45, 2.75) is 27.2 Å². The molecule has 1 aliphatic rings. The first-order valence-corrected chi connectivity index (χ1v) is 9.31. The van der Waals surface area contributed by atoms with E-state index < -0.39 is 5.97 Å². The van der Waals surface area contributed by atoms with Crippen LogP contribution in [0.5, 0.6) is 0 Å². The molecule has 0 heterocycles. The van der Waals surface area contributed by atoms with Gasteiger partial charge in [0.15, 0.2) is 5.78 Å². The molecule has 3 rings (SSSR count). The molecule has 1 amide bonds. The van der Waals surface area contributed by atoms with Gasteiger partial charge in [-0.05, 0) is 55.7 Å². The standard InChI is InChI=1S/C22H23NO4/c1-4-11-27-22(26)15-8-10-17-16-9-7-14(21(25)23(5-2)6-3)12-18(16)20(24)19(17)13-15/h7-10,12-13H,4-6,11H2,1-3H3. The normalized spacial score (nSPS) is 11.7. The van der Waals surface area contributed by atoms with Crippen molar-refractivity contribution >= 4 is 17.7 Å². The number of fused-ring (bicyclic) bond motifs is 3. The van der Waals surface area contributed by atoms with E-state index in [1.807, 2.05) is 26.8 Å². The van der Waals surface area contributed by atoms with Gasteiger partial charge in [-0.25, -0.2) is 4.79 Å². The van der Waals surface area contributed by atoms with Gasteiger partial charge in [0.1, 0.15) is 0 Å². The summed E-state index contributed by atoms with van der Waals surface area (Å²) >= 11 is 0. The summed E-state index contributed by atoms with van der Waals surface area (Å²) in [6, 6.07) is 10.3. The molecule has 0 fully saturated rings. The summed E-state index contributed by atoms with van der Waals surface area (Å²) in [7, 11) is 0. The molecule has 5 heteroatoms. The molecule has 0 saturated heterocycles. The van der Waals surface area contributed by atoms with Gasteiger partial charge in [-0.1, -0.05) is 19.1 Å². The molecule has 140 valence electrons. The molecule has 0 aromatic heterocycles. The fourth-order valence-electron chi connectivity index (χ4n) is 3.31. The first-order chi connectivity index (χ1) is 13.0. The van der Waals surface area contributed by atoms with Crippen LogP contribution < -0.4 is 0 Å². The van der Waals surface area contributed by atoms with Gasteiger partial charge in [0.25, 0.3) is 5.91 Å². The topological polar surface area (TPSA) is 63.7 Å². The highest BCUT2D eigenvalue weighted by Crippen LogP contribution is 2.37. The van der Waals surface area contributed by atoms with E-state index in [1.54, 1.807) is 35.2 Å². The highest BCUT2D eigenvalue weighted by Gasteiger charge is 2.29. The number of esters is 1. The number of hydrogen-bond donors (Lipinski definition) is 0. The summed E-state index contributed by atoms with van der Waals surface area (Å²) in [5.74, 6) is -0.685. The van der Waals surface area contributed by atoms with Crippen molar-refractivity contribution in [2.24, 2.45) is 0 Å². The van der Waals surface area contributed by atoms with Gasteiger partial charge in [-0.2, -0.15) is 0 Å². The van der Waals surface area contributed by atoms with E-state index in [2.05, 4.69) is 0 Å². The zero-order chi connectivity index (χ0) is 19.6. The van der Waals surface area contributed by atoms with E-state index in [9.17, 15) is 14.4 Å². The number of ketones is 1. The van der Waals surface area contributed by atoms with E-state index >= 15 is 0 Å². The van der Waals surface area contributed by atoms with Crippen LogP contribution in [-0.2, 0) is 4.74 Å². The average Bonchev–Trinajstić information content (AvgIpc) is 2.98. The molecule has 2 aromatic rings. The molecule has 1 aliphatic carbocycles. The Morgan fingerprint density at radius 2 is 1.41 bits per heavy atom. The molecule has 0 radical (unpaired) electrons. The number of carbonyl (C=O) groups is 3. The second kappa shape index (κ2) is 7.74. The summed E-state index contributed by atoms with van der Waals surface area (Å²) in [6.07, 6.45) is 0.740. The van der Waals surface area contributed by atoms with E-state index in [4.69, 9.17) is 4.74 Å². The molecule has 2 aromatic carbocycles. The SMILES string of the molecule is CCCOC(=O)c1ccc2c(c1)C(=O)c1cc(C(=O)N(CC)CC)ccc1-2. The third kappa shape index (κ3) is 3.37. The molecule has 0 spiro atoms. The highest BCUT2D eigenvalue weighted by molar-refractivity contribution is 6.23. The van der Waals surface area contributed by atoms with Gasteiger partial charge >= 0.3 is 5.97 Å². The molecule has 0 atom stereocenters. The van der Waals surface area contributed by atoms with Crippen molar-refractivity contribution in [1.29, 1.82) is 0 Å². The number of hydrogen-bond acceptors (Lipinski definition) is 4. The molecule has 27 heavy (non-hydrogen) atoms. The summed E-state index contributed by atoms with van der Waals surface area (Å²) in [5, 5.41) is 0. The van der Waals surface area contributed by atoms with E-state index in [0.717, 1.165) is 17.5 Å². The van der Waals surface area contributed by atoms with E-state index in [0.29, 0.717) is 42.0 Å². The van der Waals surface area contributed by atoms with Gasteiger partial charge < -0.3 is 9.64 Å². The first kappa shape index (κ1) is 18.8. The Morgan fingerprint density at radius 1 is 0.852 bits per heavy atom. The van der Waals surface area contributed by atoms with Crippen LogP contribution in [0.1, 0.15) is 63.8 Å². The van der Waals surface area contributed by atoms with E-state index in [1.165, 1.54) is 0 Å². The summed E-state index contributed by atoms with van der Waals surface area (Å²) in [4.78, 5) is 39.3. The minimum absolute atomic E-state index is 0.0876. The number of amides is 1. The summed E-state index contributed by atoms with van der Waals surface area (Å²) < 4.78 is 5.15. The lowest BCUT2D eigenvalue weighted by atomic mass is 10.0. The quantitative estimate of drug-likeness (QED) is 0.621. The van der Waals surface area contributed by atoms with Crippen LogP contribution in [-0.4, -0.2) is 42.3 Å². The minimum atomic E-state index is -0.430. The zero-order valence-corrected chi connectivity index (χ0v) is 15.9. The maximum absolute atomic E-state index is 12.9. The minimum Gasteiger partial charge on any atom is -0.462 e. The third-order valence-electron chi connectivity index (χ3n) is 4.79. The second-order valence-corrected chi connectivity index (χ2v) is 6.46. The van der Waals surface area contributed by atoms with Crippen LogP contribution in [0.3, 0.4) is 0 Å². The first-order valence-electron chi connectivity index (χ1n) is 9.31. The van der Waals surface area contributed by atoms with Crippen LogP contribution in [0.15, 0.2) is 36.4 Å². The molecular weight excluding hydrogens is 342 g/mol. The van der Waals surface area contributed by atoms with Crippen LogP contribution in [0.2, 0.25) is 0 Å². The highest BCUT2D eigenvalue weighted by atomic mass is 16.5. The Labute approximate surface area is 158 Å². The molecule has 0 bridgehead atoms. The van der Waals surface area contributed by atoms with Crippen LogP contribution in [0, 0.1) is 0 Å². The van der Waals surface area contributed by atoms with Crippen molar-refractivity contribution < 1.29 is 19.1 Å². The van der Waals surface area contributed by atoms with Gasteiger partial charge in [0, 0.05) is 29.8 Å². The second-order valence-electron chi connectivity index (χ2n) is 6.46. The maximum atomic E-state index is 12.9. The predicted molar refractivity (Wildman–Crippen MR) is 103 cm³/mol. The molecule has 0 aliphatic heterocycles. The monoisotopic (exact) mass is 365 g/mol. The van der Waals surface area contributed by atoms with Crippen LogP contribution >= 0.6 is 0 Å². The van der Waals surface area contributed by atoms with Crippen molar-refractivity contribution in [3.05, 3.63) is 58.7 Å². The lowest BCUT2D eigenvalue weighted by Gasteiger charge is -2.18. The third-order valence-corrected chi connectivity index (χ3v) is 4.79.